The molecule has 0 aliphatic carbocycles. The number of halogens is 1. The molecule has 2 aliphatic heterocycles. The monoisotopic (exact) mass is 474 g/mol. The van der Waals surface area contributed by atoms with Crippen LogP contribution >= 0.6 is 0 Å². The van der Waals surface area contributed by atoms with E-state index >= 15 is 0 Å². The molecular formula is C25H31FN2O4S. The Bertz CT molecular complexity index is 1060. The number of sulfonamides is 1. The summed E-state index contributed by atoms with van der Waals surface area (Å²) in [6.45, 7) is 1.20. The summed E-state index contributed by atoms with van der Waals surface area (Å²) in [5.74, 6) is -0.0601. The van der Waals surface area contributed by atoms with Gasteiger partial charge in [0.15, 0.2) is 0 Å². The summed E-state index contributed by atoms with van der Waals surface area (Å²) in [5.41, 5.74) is 1.08. The van der Waals surface area contributed by atoms with E-state index in [0.717, 1.165) is 49.1 Å². The zero-order valence-corrected chi connectivity index (χ0v) is 19.8. The fraction of sp³-hybridized carbons (Fsp3) is 0.480. The molecule has 178 valence electrons. The van der Waals surface area contributed by atoms with Crippen molar-refractivity contribution in [2.24, 2.45) is 5.92 Å². The molecule has 0 N–H and O–H groups in total. The Morgan fingerprint density at radius 2 is 1.67 bits per heavy atom. The SMILES string of the molecule is COc1ccc(C2CCCCCN2C(=O)C2CCCN(S(=O)(=O)c3ccc(F)cc3)C2)cc1. The quantitative estimate of drug-likeness (QED) is 0.645. The number of benzene rings is 2. The Morgan fingerprint density at radius 1 is 0.939 bits per heavy atom. The number of hydrogen-bond acceptors (Lipinski definition) is 4. The van der Waals surface area contributed by atoms with E-state index < -0.39 is 15.8 Å². The summed E-state index contributed by atoms with van der Waals surface area (Å²) in [4.78, 5) is 15.7. The number of carbonyl (C=O) groups excluding carboxylic acids is 1. The first-order valence-corrected chi connectivity index (χ1v) is 13.0. The Kier molecular flexibility index (Phi) is 7.34. The van der Waals surface area contributed by atoms with Crippen LogP contribution in [0.4, 0.5) is 4.39 Å². The molecule has 2 fully saturated rings. The topological polar surface area (TPSA) is 66.9 Å². The maximum absolute atomic E-state index is 13.7. The molecule has 2 unspecified atom stereocenters. The molecule has 0 aromatic heterocycles. The number of rotatable bonds is 5. The highest BCUT2D eigenvalue weighted by molar-refractivity contribution is 7.89. The van der Waals surface area contributed by atoms with Gasteiger partial charge in [-0.15, -0.1) is 0 Å². The van der Waals surface area contributed by atoms with Crippen LogP contribution in [0.5, 0.6) is 5.75 Å². The van der Waals surface area contributed by atoms with Gasteiger partial charge in [0.25, 0.3) is 0 Å². The summed E-state index contributed by atoms with van der Waals surface area (Å²) >= 11 is 0. The number of carbonyl (C=O) groups is 1. The van der Waals surface area contributed by atoms with Gasteiger partial charge in [0.05, 0.1) is 24.0 Å². The van der Waals surface area contributed by atoms with Gasteiger partial charge in [0, 0.05) is 19.6 Å². The first-order chi connectivity index (χ1) is 15.9. The number of methoxy groups -OCH3 is 1. The van der Waals surface area contributed by atoms with Crippen LogP contribution < -0.4 is 4.74 Å². The Morgan fingerprint density at radius 3 is 2.36 bits per heavy atom. The van der Waals surface area contributed by atoms with Gasteiger partial charge in [0.1, 0.15) is 11.6 Å². The normalized spacial score (nSPS) is 22.5. The number of hydrogen-bond donors (Lipinski definition) is 0. The number of nitrogens with zero attached hydrogens (tertiary/aromatic N) is 2. The zero-order chi connectivity index (χ0) is 23.4. The maximum atomic E-state index is 13.7. The highest BCUT2D eigenvalue weighted by Gasteiger charge is 2.37. The minimum Gasteiger partial charge on any atom is -0.497 e. The average molecular weight is 475 g/mol. The van der Waals surface area contributed by atoms with E-state index in [1.54, 1.807) is 7.11 Å². The average Bonchev–Trinajstić information content (AvgIpc) is 3.10. The van der Waals surface area contributed by atoms with Crippen molar-refractivity contribution in [3.63, 3.8) is 0 Å². The van der Waals surface area contributed by atoms with E-state index in [1.807, 2.05) is 29.2 Å². The lowest BCUT2D eigenvalue weighted by atomic mass is 9.95. The largest absolute Gasteiger partial charge is 0.497 e. The molecule has 1 amide bonds. The van der Waals surface area contributed by atoms with E-state index in [-0.39, 0.29) is 29.3 Å². The maximum Gasteiger partial charge on any atom is 0.243 e. The molecule has 2 aromatic rings. The van der Waals surface area contributed by atoms with Crippen molar-refractivity contribution in [1.29, 1.82) is 0 Å². The molecule has 2 atom stereocenters. The molecule has 2 aromatic carbocycles. The summed E-state index contributed by atoms with van der Waals surface area (Å²) in [6.07, 6.45) is 5.26. The van der Waals surface area contributed by atoms with Crippen LogP contribution in [0.3, 0.4) is 0 Å². The summed E-state index contributed by atoms with van der Waals surface area (Å²) in [7, 11) is -2.14. The standard InChI is InChI=1S/C25H31FN2O4S/c1-32-22-12-8-19(9-13-22)24-7-3-2-4-17-28(24)25(29)20-6-5-16-27(18-20)33(30,31)23-14-10-21(26)11-15-23/h8-15,20,24H,2-7,16-18H2,1H3. The van der Waals surface area contributed by atoms with E-state index in [9.17, 15) is 17.6 Å². The minimum absolute atomic E-state index is 0.0185. The van der Waals surface area contributed by atoms with Crippen molar-refractivity contribution < 1.29 is 22.3 Å². The van der Waals surface area contributed by atoms with E-state index in [2.05, 4.69) is 0 Å². The molecule has 0 spiro atoms. The highest BCUT2D eigenvalue weighted by Crippen LogP contribution is 2.34. The van der Waals surface area contributed by atoms with Crippen molar-refractivity contribution in [2.75, 3.05) is 26.7 Å². The second-order valence-electron chi connectivity index (χ2n) is 8.83. The lowest BCUT2D eigenvalue weighted by Gasteiger charge is -2.37. The van der Waals surface area contributed by atoms with Crippen LogP contribution in [0.1, 0.15) is 50.1 Å². The summed E-state index contributed by atoms with van der Waals surface area (Å²) in [5, 5.41) is 0. The Labute approximate surface area is 195 Å². The zero-order valence-electron chi connectivity index (χ0n) is 19.0. The lowest BCUT2D eigenvalue weighted by molar-refractivity contribution is -0.139. The van der Waals surface area contributed by atoms with Gasteiger partial charge in [0.2, 0.25) is 15.9 Å². The molecule has 2 aliphatic rings. The first kappa shape index (κ1) is 23.7. The van der Waals surface area contributed by atoms with Crippen LogP contribution in [-0.2, 0) is 14.8 Å². The van der Waals surface area contributed by atoms with Gasteiger partial charge in [-0.2, -0.15) is 4.31 Å². The summed E-state index contributed by atoms with van der Waals surface area (Å²) < 4.78 is 46.2. The van der Waals surface area contributed by atoms with Crippen LogP contribution in [0.15, 0.2) is 53.4 Å². The molecule has 33 heavy (non-hydrogen) atoms. The second-order valence-corrected chi connectivity index (χ2v) is 10.8. The van der Waals surface area contributed by atoms with Crippen molar-refractivity contribution in [3.05, 3.63) is 59.9 Å². The fourth-order valence-electron chi connectivity index (χ4n) is 4.90. The smallest absolute Gasteiger partial charge is 0.243 e. The molecule has 0 radical (unpaired) electrons. The number of ether oxygens (including phenoxy) is 1. The van der Waals surface area contributed by atoms with Crippen LogP contribution in [0, 0.1) is 11.7 Å². The van der Waals surface area contributed by atoms with Crippen LogP contribution in [0.25, 0.3) is 0 Å². The highest BCUT2D eigenvalue weighted by atomic mass is 32.2. The van der Waals surface area contributed by atoms with Crippen molar-refractivity contribution in [2.45, 2.75) is 49.5 Å². The third kappa shape index (κ3) is 5.22. The van der Waals surface area contributed by atoms with E-state index in [0.29, 0.717) is 25.9 Å². The third-order valence-corrected chi connectivity index (χ3v) is 8.60. The molecule has 6 nitrogen and oxygen atoms in total. The van der Waals surface area contributed by atoms with E-state index in [1.165, 1.54) is 16.4 Å². The Hall–Kier alpha value is -2.45. The van der Waals surface area contributed by atoms with Gasteiger partial charge < -0.3 is 9.64 Å². The van der Waals surface area contributed by atoms with Crippen LogP contribution in [-0.4, -0.2) is 50.3 Å². The van der Waals surface area contributed by atoms with Gasteiger partial charge in [-0.05, 0) is 67.6 Å². The van der Waals surface area contributed by atoms with Gasteiger partial charge >= 0.3 is 0 Å². The van der Waals surface area contributed by atoms with Crippen molar-refractivity contribution in [1.82, 2.24) is 9.21 Å². The molecule has 8 heteroatoms. The Balaban J connectivity index is 1.54. The summed E-state index contributed by atoms with van der Waals surface area (Å²) in [6, 6.07) is 12.7. The number of likely N-dealkylation sites (tertiary alicyclic amines) is 1. The van der Waals surface area contributed by atoms with Crippen LogP contribution in [0.2, 0.25) is 0 Å². The number of amides is 1. The minimum atomic E-state index is -3.77. The van der Waals surface area contributed by atoms with Gasteiger partial charge in [-0.1, -0.05) is 25.0 Å². The first-order valence-electron chi connectivity index (χ1n) is 11.6. The van der Waals surface area contributed by atoms with E-state index in [4.69, 9.17) is 4.74 Å². The van der Waals surface area contributed by atoms with Gasteiger partial charge in [-0.3, -0.25) is 4.79 Å². The molecule has 2 saturated heterocycles. The molecule has 2 heterocycles. The number of piperidine rings is 1. The lowest BCUT2D eigenvalue weighted by Crippen LogP contribution is -2.47. The van der Waals surface area contributed by atoms with Crippen molar-refractivity contribution >= 4 is 15.9 Å². The molecule has 0 saturated carbocycles. The predicted molar refractivity (Wildman–Crippen MR) is 124 cm³/mol. The molecule has 4 rings (SSSR count). The molecular weight excluding hydrogens is 443 g/mol. The van der Waals surface area contributed by atoms with Gasteiger partial charge in [-0.25, -0.2) is 12.8 Å². The third-order valence-electron chi connectivity index (χ3n) is 6.72. The fourth-order valence-corrected chi connectivity index (χ4v) is 6.42. The van der Waals surface area contributed by atoms with Crippen molar-refractivity contribution in [3.8, 4) is 5.75 Å². The second kappa shape index (κ2) is 10.2. The predicted octanol–water partition coefficient (Wildman–Crippen LogP) is 4.38. The molecule has 0 bridgehead atoms.